The van der Waals surface area contributed by atoms with E-state index in [1.165, 1.54) is 12.1 Å². The molecule has 2 aliphatic rings. The molecule has 2 heterocycles. The van der Waals surface area contributed by atoms with Gasteiger partial charge in [0.2, 0.25) is 5.91 Å². The monoisotopic (exact) mass is 428 g/mol. The Hall–Kier alpha value is -1.84. The van der Waals surface area contributed by atoms with Crippen molar-refractivity contribution in [3.05, 3.63) is 30.1 Å². The first-order chi connectivity index (χ1) is 14.0. The van der Waals surface area contributed by atoms with Gasteiger partial charge in [0.1, 0.15) is 11.6 Å². The van der Waals surface area contributed by atoms with Gasteiger partial charge in [-0.2, -0.15) is 11.8 Å². The number of carbonyl (C=O) groups excluding carboxylic acids is 1. The zero-order chi connectivity index (χ0) is 21.3. The maximum absolute atomic E-state index is 12.9. The molecule has 29 heavy (non-hydrogen) atoms. The maximum Gasteiger partial charge on any atom is 0.290 e. The van der Waals surface area contributed by atoms with Gasteiger partial charge in [0.25, 0.3) is 6.47 Å². The standard InChI is InChI=1S/C19H27FN2O3S.CH2O2/c1-26-11-18(24)22-10-15-9-21(12-19(15,13-22)14-23)7-2-8-25-17-5-3-16(20)4-6-17;2-1-3/h3-6,15,23H,2,7-14H2,1H3;1H,(H,2,3). The van der Waals surface area contributed by atoms with Crippen molar-refractivity contribution in [2.24, 2.45) is 11.3 Å². The van der Waals surface area contributed by atoms with Crippen LogP contribution >= 0.6 is 11.8 Å². The second kappa shape index (κ2) is 11.4. The lowest BCUT2D eigenvalue weighted by Gasteiger charge is -2.27. The number of carboxylic acid groups (broad SMARTS) is 1. The maximum atomic E-state index is 12.9. The minimum absolute atomic E-state index is 0.128. The molecule has 2 atom stereocenters. The van der Waals surface area contributed by atoms with Gasteiger partial charge in [-0.15, -0.1) is 0 Å². The van der Waals surface area contributed by atoms with Crippen LogP contribution in [-0.4, -0.2) is 90.3 Å². The molecular formula is C20H29FN2O5S. The topological polar surface area (TPSA) is 90.3 Å². The van der Waals surface area contributed by atoms with Gasteiger partial charge in [-0.3, -0.25) is 9.59 Å². The molecule has 0 saturated carbocycles. The second-order valence-corrected chi connectivity index (χ2v) is 8.29. The van der Waals surface area contributed by atoms with Crippen LogP contribution in [0.3, 0.4) is 0 Å². The van der Waals surface area contributed by atoms with Crippen molar-refractivity contribution in [1.29, 1.82) is 0 Å². The van der Waals surface area contributed by atoms with E-state index in [0.29, 0.717) is 30.6 Å². The number of amides is 1. The molecule has 0 radical (unpaired) electrons. The Bertz CT molecular complexity index is 663. The fourth-order valence-electron chi connectivity index (χ4n) is 4.10. The molecule has 162 valence electrons. The molecular weight excluding hydrogens is 399 g/mol. The van der Waals surface area contributed by atoms with Crippen molar-refractivity contribution in [3.8, 4) is 5.75 Å². The summed E-state index contributed by atoms with van der Waals surface area (Å²) in [5, 5.41) is 16.9. The summed E-state index contributed by atoms with van der Waals surface area (Å²) < 4.78 is 18.5. The number of ether oxygens (including phenoxy) is 1. The molecule has 2 fully saturated rings. The first-order valence-electron chi connectivity index (χ1n) is 9.54. The Morgan fingerprint density at radius 2 is 2.03 bits per heavy atom. The second-order valence-electron chi connectivity index (χ2n) is 7.42. The van der Waals surface area contributed by atoms with Gasteiger partial charge >= 0.3 is 0 Å². The van der Waals surface area contributed by atoms with E-state index in [-0.39, 0.29) is 30.2 Å². The average Bonchev–Trinajstić information content (AvgIpc) is 3.22. The normalized spacial score (nSPS) is 23.3. The van der Waals surface area contributed by atoms with Gasteiger partial charge in [-0.1, -0.05) is 0 Å². The Labute approximate surface area is 174 Å². The number of halogens is 1. The molecule has 1 aromatic rings. The van der Waals surface area contributed by atoms with Crippen LogP contribution in [0.25, 0.3) is 0 Å². The predicted molar refractivity (Wildman–Crippen MR) is 110 cm³/mol. The highest BCUT2D eigenvalue weighted by Crippen LogP contribution is 2.42. The van der Waals surface area contributed by atoms with Crippen molar-refractivity contribution in [3.63, 3.8) is 0 Å². The number of fused-ring (bicyclic) bond motifs is 1. The van der Waals surface area contributed by atoms with Crippen LogP contribution in [0.2, 0.25) is 0 Å². The third-order valence-electron chi connectivity index (χ3n) is 5.47. The van der Waals surface area contributed by atoms with Crippen LogP contribution in [0.5, 0.6) is 5.75 Å². The van der Waals surface area contributed by atoms with Crippen molar-refractivity contribution >= 4 is 24.1 Å². The molecule has 1 amide bonds. The van der Waals surface area contributed by atoms with Crippen LogP contribution in [0.15, 0.2) is 24.3 Å². The smallest absolute Gasteiger partial charge is 0.290 e. The fourth-order valence-corrected chi connectivity index (χ4v) is 4.53. The zero-order valence-electron chi connectivity index (χ0n) is 16.6. The molecule has 2 N–H and O–H groups in total. The molecule has 0 bridgehead atoms. The summed E-state index contributed by atoms with van der Waals surface area (Å²) in [5.41, 5.74) is -0.175. The Morgan fingerprint density at radius 1 is 1.34 bits per heavy atom. The molecule has 0 spiro atoms. The van der Waals surface area contributed by atoms with E-state index in [9.17, 15) is 14.3 Å². The van der Waals surface area contributed by atoms with E-state index in [1.54, 1.807) is 23.9 Å². The van der Waals surface area contributed by atoms with E-state index < -0.39 is 0 Å². The third kappa shape index (κ3) is 6.32. The summed E-state index contributed by atoms with van der Waals surface area (Å²) in [7, 11) is 0. The van der Waals surface area contributed by atoms with E-state index in [4.69, 9.17) is 14.6 Å². The summed E-state index contributed by atoms with van der Waals surface area (Å²) >= 11 is 1.55. The highest BCUT2D eigenvalue weighted by atomic mass is 32.2. The highest BCUT2D eigenvalue weighted by molar-refractivity contribution is 7.99. The molecule has 7 nitrogen and oxygen atoms in total. The third-order valence-corrected chi connectivity index (χ3v) is 6.00. The average molecular weight is 429 g/mol. The lowest BCUT2D eigenvalue weighted by Crippen LogP contribution is -2.39. The summed E-state index contributed by atoms with van der Waals surface area (Å²) in [6.45, 7) is 4.52. The fraction of sp³-hybridized carbons (Fsp3) is 0.600. The lowest BCUT2D eigenvalue weighted by molar-refractivity contribution is -0.128. The lowest BCUT2D eigenvalue weighted by atomic mass is 9.82. The Kier molecular flexibility index (Phi) is 9.19. The number of rotatable bonds is 8. The van der Waals surface area contributed by atoms with Gasteiger partial charge in [0.15, 0.2) is 0 Å². The summed E-state index contributed by atoms with van der Waals surface area (Å²) in [6.07, 6.45) is 2.81. The molecule has 3 rings (SSSR count). The summed E-state index contributed by atoms with van der Waals surface area (Å²) in [4.78, 5) is 24.8. The molecule has 0 aromatic heterocycles. The number of aliphatic hydroxyl groups is 1. The van der Waals surface area contributed by atoms with E-state index in [2.05, 4.69) is 4.90 Å². The van der Waals surface area contributed by atoms with Gasteiger partial charge < -0.3 is 24.7 Å². The summed E-state index contributed by atoms with van der Waals surface area (Å²) in [6, 6.07) is 6.06. The predicted octanol–water partition coefficient (Wildman–Crippen LogP) is 1.41. The van der Waals surface area contributed by atoms with Gasteiger partial charge in [-0.25, -0.2) is 4.39 Å². The van der Waals surface area contributed by atoms with Gasteiger partial charge in [0, 0.05) is 38.1 Å². The quantitative estimate of drug-likeness (QED) is 0.478. The largest absolute Gasteiger partial charge is 0.494 e. The number of hydrogen-bond donors (Lipinski definition) is 2. The number of carbonyl (C=O) groups is 2. The molecule has 9 heteroatoms. The van der Waals surface area contributed by atoms with Crippen molar-refractivity contribution < 1.29 is 28.9 Å². The van der Waals surface area contributed by atoms with Crippen LogP contribution in [-0.2, 0) is 9.59 Å². The van der Waals surface area contributed by atoms with E-state index in [1.807, 2.05) is 11.2 Å². The van der Waals surface area contributed by atoms with Crippen molar-refractivity contribution in [2.45, 2.75) is 6.42 Å². The first-order valence-corrected chi connectivity index (χ1v) is 10.9. The van der Waals surface area contributed by atoms with Crippen LogP contribution in [0.4, 0.5) is 4.39 Å². The van der Waals surface area contributed by atoms with E-state index >= 15 is 0 Å². The van der Waals surface area contributed by atoms with Crippen LogP contribution in [0.1, 0.15) is 6.42 Å². The van der Waals surface area contributed by atoms with Crippen molar-refractivity contribution in [2.75, 3.05) is 57.9 Å². The number of aliphatic hydroxyl groups excluding tert-OH is 1. The number of hydrogen-bond acceptors (Lipinski definition) is 6. The molecule has 1 aromatic carbocycles. The minimum atomic E-state index is -0.264. The number of nitrogens with zero attached hydrogens (tertiary/aromatic N) is 2. The molecule has 2 unspecified atom stereocenters. The van der Waals surface area contributed by atoms with Crippen LogP contribution < -0.4 is 4.74 Å². The minimum Gasteiger partial charge on any atom is -0.494 e. The number of benzene rings is 1. The highest BCUT2D eigenvalue weighted by Gasteiger charge is 2.52. The molecule has 2 saturated heterocycles. The zero-order valence-corrected chi connectivity index (χ0v) is 17.4. The number of thioether (sulfide) groups is 1. The van der Waals surface area contributed by atoms with Crippen molar-refractivity contribution in [1.82, 2.24) is 9.80 Å². The van der Waals surface area contributed by atoms with Gasteiger partial charge in [-0.05, 0) is 42.9 Å². The first kappa shape index (κ1) is 23.4. The Balaban J connectivity index is 0.000000941. The molecule has 0 aliphatic carbocycles. The molecule has 2 aliphatic heterocycles. The van der Waals surface area contributed by atoms with Gasteiger partial charge in [0.05, 0.1) is 19.0 Å². The van der Waals surface area contributed by atoms with E-state index in [0.717, 1.165) is 32.6 Å². The summed E-state index contributed by atoms with van der Waals surface area (Å²) in [5.74, 6) is 1.45. The van der Waals surface area contributed by atoms with Crippen LogP contribution in [0, 0.1) is 17.2 Å². The number of likely N-dealkylation sites (tertiary alicyclic amines) is 2. The Morgan fingerprint density at radius 3 is 2.62 bits per heavy atom. The SMILES string of the molecule is CSCC(=O)N1CC2CN(CCCOc3ccc(F)cc3)CC2(CO)C1.O=CO.